The van der Waals surface area contributed by atoms with Crippen molar-refractivity contribution in [1.29, 1.82) is 0 Å². The monoisotopic (exact) mass is 434 g/mol. The van der Waals surface area contributed by atoms with Gasteiger partial charge in [0.2, 0.25) is 5.91 Å². The van der Waals surface area contributed by atoms with Gasteiger partial charge in [0.25, 0.3) is 5.91 Å². The largest absolute Gasteiger partial charge is 0.378 e. The summed E-state index contributed by atoms with van der Waals surface area (Å²) >= 11 is 1.63. The van der Waals surface area contributed by atoms with E-state index in [9.17, 15) is 9.59 Å². The van der Waals surface area contributed by atoms with Crippen molar-refractivity contribution in [1.82, 2.24) is 4.98 Å². The van der Waals surface area contributed by atoms with Gasteiger partial charge in [0.1, 0.15) is 0 Å². The average molecular weight is 435 g/mol. The molecule has 2 amide bonds. The van der Waals surface area contributed by atoms with Gasteiger partial charge in [0.15, 0.2) is 5.13 Å². The van der Waals surface area contributed by atoms with E-state index in [0.29, 0.717) is 17.7 Å². The Hall–Kier alpha value is -3.23. The minimum Gasteiger partial charge on any atom is -0.378 e. The van der Waals surface area contributed by atoms with E-state index in [4.69, 9.17) is 9.72 Å². The summed E-state index contributed by atoms with van der Waals surface area (Å²) in [5.74, 6) is -0.159. The highest BCUT2D eigenvalue weighted by Gasteiger charge is 2.25. The van der Waals surface area contributed by atoms with Gasteiger partial charge in [-0.15, -0.1) is 11.3 Å². The highest BCUT2D eigenvalue weighted by Crippen LogP contribution is 2.30. The quantitative estimate of drug-likeness (QED) is 0.681. The van der Waals surface area contributed by atoms with Crippen LogP contribution in [0.4, 0.5) is 16.5 Å². The molecule has 3 heterocycles. The number of ether oxygens (including phenoxy) is 1. The molecule has 8 heteroatoms. The Morgan fingerprint density at radius 2 is 1.90 bits per heavy atom. The van der Waals surface area contributed by atoms with Crippen LogP contribution in [0.1, 0.15) is 15.9 Å². The van der Waals surface area contributed by atoms with Crippen LogP contribution < -0.4 is 15.1 Å². The van der Waals surface area contributed by atoms with Gasteiger partial charge in [-0.1, -0.05) is 18.2 Å². The first-order valence-corrected chi connectivity index (χ1v) is 11.1. The Bertz CT molecular complexity index is 1140. The third-order valence-electron chi connectivity index (χ3n) is 5.64. The Morgan fingerprint density at radius 1 is 1.13 bits per heavy atom. The number of nitrogens with one attached hydrogen (secondary N) is 1. The van der Waals surface area contributed by atoms with Gasteiger partial charge in [-0.3, -0.25) is 9.59 Å². The van der Waals surface area contributed by atoms with Crippen LogP contribution >= 0.6 is 11.3 Å². The lowest BCUT2D eigenvalue weighted by Gasteiger charge is -2.26. The molecule has 0 unspecified atom stereocenters. The molecule has 158 valence electrons. The van der Waals surface area contributed by atoms with Crippen molar-refractivity contribution < 1.29 is 14.3 Å². The summed E-state index contributed by atoms with van der Waals surface area (Å²) in [6.45, 7) is 3.20. The first-order valence-electron chi connectivity index (χ1n) is 10.2. The fourth-order valence-electron chi connectivity index (χ4n) is 3.81. The molecule has 5 rings (SSSR count). The molecule has 1 fully saturated rings. The first kappa shape index (κ1) is 19.7. The number of hydrogen-bond donors (Lipinski definition) is 1. The Morgan fingerprint density at radius 3 is 2.68 bits per heavy atom. The minimum atomic E-state index is -0.202. The lowest BCUT2D eigenvalue weighted by Crippen LogP contribution is -2.36. The molecule has 7 nitrogen and oxygen atoms in total. The van der Waals surface area contributed by atoms with E-state index < -0.39 is 0 Å². The number of aromatic nitrogens is 1. The summed E-state index contributed by atoms with van der Waals surface area (Å²) in [6, 6.07) is 13.1. The lowest BCUT2D eigenvalue weighted by molar-refractivity contribution is -0.117. The molecule has 0 aliphatic carbocycles. The number of hydrogen-bond acceptors (Lipinski definition) is 6. The van der Waals surface area contributed by atoms with Crippen LogP contribution in [0.5, 0.6) is 0 Å². The van der Waals surface area contributed by atoms with Crippen LogP contribution in [0, 0.1) is 0 Å². The van der Waals surface area contributed by atoms with Gasteiger partial charge in [-0.25, -0.2) is 4.98 Å². The third kappa shape index (κ3) is 3.92. The molecule has 1 saturated heterocycles. The lowest BCUT2D eigenvalue weighted by atomic mass is 10.1. The molecular weight excluding hydrogens is 412 g/mol. The molecule has 2 aromatic carbocycles. The maximum absolute atomic E-state index is 12.7. The van der Waals surface area contributed by atoms with E-state index >= 15 is 0 Å². The van der Waals surface area contributed by atoms with Gasteiger partial charge in [0.05, 0.1) is 25.3 Å². The summed E-state index contributed by atoms with van der Waals surface area (Å²) < 4.78 is 5.40. The second-order valence-electron chi connectivity index (χ2n) is 7.62. The Balaban J connectivity index is 1.27. The fourth-order valence-corrected chi connectivity index (χ4v) is 4.70. The SMILES string of the molecule is CN1C(=O)Cc2ccc(C(=O)Nc3ccc(-c4csc(N5CCOCC5)n4)cc3)cc21. The van der Waals surface area contributed by atoms with Gasteiger partial charge >= 0.3 is 0 Å². The Labute approximate surface area is 184 Å². The van der Waals surface area contributed by atoms with E-state index in [2.05, 4.69) is 15.6 Å². The van der Waals surface area contributed by atoms with Crippen molar-refractivity contribution >= 4 is 39.7 Å². The smallest absolute Gasteiger partial charge is 0.255 e. The molecule has 3 aromatic rings. The zero-order valence-electron chi connectivity index (χ0n) is 17.1. The van der Waals surface area contributed by atoms with E-state index in [1.807, 2.05) is 30.3 Å². The average Bonchev–Trinajstić information content (AvgIpc) is 3.40. The summed E-state index contributed by atoms with van der Waals surface area (Å²) in [5.41, 5.74) is 4.92. The van der Waals surface area contributed by atoms with Crippen molar-refractivity contribution in [3.63, 3.8) is 0 Å². The van der Waals surface area contributed by atoms with E-state index in [-0.39, 0.29) is 11.8 Å². The normalized spacial score (nSPS) is 15.8. The maximum atomic E-state index is 12.7. The van der Waals surface area contributed by atoms with Crippen molar-refractivity contribution in [2.24, 2.45) is 0 Å². The highest BCUT2D eigenvalue weighted by molar-refractivity contribution is 7.14. The van der Waals surface area contributed by atoms with Crippen LogP contribution in [0.3, 0.4) is 0 Å². The molecule has 0 bridgehead atoms. The summed E-state index contributed by atoms with van der Waals surface area (Å²) in [7, 11) is 1.73. The molecule has 2 aliphatic heterocycles. The third-order valence-corrected chi connectivity index (χ3v) is 6.54. The molecule has 1 aromatic heterocycles. The molecule has 0 atom stereocenters. The number of carbonyl (C=O) groups is 2. The molecule has 2 aliphatic rings. The predicted molar refractivity (Wildman–Crippen MR) is 122 cm³/mol. The van der Waals surface area contributed by atoms with E-state index in [1.54, 1.807) is 35.4 Å². The summed E-state index contributed by atoms with van der Waals surface area (Å²) in [4.78, 5) is 33.2. The number of thiazole rings is 1. The van der Waals surface area contributed by atoms with Crippen LogP contribution in [0.25, 0.3) is 11.3 Å². The zero-order valence-corrected chi connectivity index (χ0v) is 17.9. The van der Waals surface area contributed by atoms with Crippen LogP contribution in [-0.4, -0.2) is 50.1 Å². The molecule has 0 spiro atoms. The number of nitrogens with zero attached hydrogens (tertiary/aromatic N) is 3. The number of likely N-dealkylation sites (N-methyl/N-ethyl adjacent to an activating group) is 1. The number of anilines is 3. The second-order valence-corrected chi connectivity index (χ2v) is 8.46. The summed E-state index contributed by atoms with van der Waals surface area (Å²) in [5, 5.41) is 5.99. The fraction of sp³-hybridized carbons (Fsp3) is 0.261. The van der Waals surface area contributed by atoms with Crippen LogP contribution in [0.15, 0.2) is 47.8 Å². The number of benzene rings is 2. The number of morpholine rings is 1. The van der Waals surface area contributed by atoms with Crippen molar-refractivity contribution in [3.8, 4) is 11.3 Å². The second kappa shape index (κ2) is 8.13. The number of rotatable bonds is 4. The molecular formula is C23H22N4O3S. The maximum Gasteiger partial charge on any atom is 0.255 e. The van der Waals surface area contributed by atoms with Crippen LogP contribution in [-0.2, 0) is 16.0 Å². The van der Waals surface area contributed by atoms with Gasteiger partial charge in [-0.2, -0.15) is 0 Å². The Kier molecular flexibility index (Phi) is 5.17. The van der Waals surface area contributed by atoms with Gasteiger partial charge < -0.3 is 19.9 Å². The van der Waals surface area contributed by atoms with Gasteiger partial charge in [0, 0.05) is 48.0 Å². The molecule has 31 heavy (non-hydrogen) atoms. The molecule has 0 radical (unpaired) electrons. The zero-order chi connectivity index (χ0) is 21.4. The number of fused-ring (bicyclic) bond motifs is 1. The van der Waals surface area contributed by atoms with Crippen LogP contribution in [0.2, 0.25) is 0 Å². The first-order chi connectivity index (χ1) is 15.1. The standard InChI is InChI=1S/C23H22N4O3S/c1-26-20-12-17(3-2-16(20)13-21(26)28)22(29)24-18-6-4-15(5-7-18)19-14-31-23(25-19)27-8-10-30-11-9-27/h2-7,12,14H,8-11,13H2,1H3,(H,24,29). The van der Waals surface area contributed by atoms with E-state index in [0.717, 1.165) is 53.9 Å². The number of amides is 2. The summed E-state index contributed by atoms with van der Waals surface area (Å²) in [6.07, 6.45) is 0.388. The molecule has 0 saturated carbocycles. The van der Waals surface area contributed by atoms with Crippen molar-refractivity contribution in [2.75, 3.05) is 48.5 Å². The number of carbonyl (C=O) groups excluding carboxylic acids is 2. The van der Waals surface area contributed by atoms with E-state index in [1.165, 1.54) is 0 Å². The topological polar surface area (TPSA) is 74.8 Å². The predicted octanol–water partition coefficient (Wildman–Crippen LogP) is 3.42. The van der Waals surface area contributed by atoms with Crippen molar-refractivity contribution in [3.05, 3.63) is 59.0 Å². The highest BCUT2D eigenvalue weighted by atomic mass is 32.1. The molecule has 1 N–H and O–H groups in total. The van der Waals surface area contributed by atoms with Gasteiger partial charge in [-0.05, 0) is 29.8 Å². The minimum absolute atomic E-state index is 0.0435. The van der Waals surface area contributed by atoms with Crippen molar-refractivity contribution in [2.45, 2.75) is 6.42 Å².